The second-order valence-corrected chi connectivity index (χ2v) is 6.54. The van der Waals surface area contributed by atoms with E-state index in [9.17, 15) is 14.4 Å². The third-order valence-electron chi connectivity index (χ3n) is 4.75. The number of carbonyl (C=O) groups excluding carboxylic acids is 3. The van der Waals surface area contributed by atoms with Crippen LogP contribution in [0.15, 0.2) is 59.6 Å². The second-order valence-electron chi connectivity index (χ2n) is 6.54. The molecule has 0 N–H and O–H groups in total. The van der Waals surface area contributed by atoms with Crippen molar-refractivity contribution in [2.75, 3.05) is 14.2 Å². The third-order valence-corrected chi connectivity index (χ3v) is 4.75. The van der Waals surface area contributed by atoms with Crippen LogP contribution in [-0.4, -0.2) is 37.8 Å². The Morgan fingerprint density at radius 3 is 2.03 bits per heavy atom. The highest BCUT2D eigenvalue weighted by atomic mass is 16.5. The summed E-state index contributed by atoms with van der Waals surface area (Å²) in [6.07, 6.45) is 0. The van der Waals surface area contributed by atoms with Crippen molar-refractivity contribution in [2.24, 2.45) is 16.8 Å². The normalized spacial score (nSPS) is 20.5. The lowest BCUT2D eigenvalue weighted by Crippen LogP contribution is -2.35. The summed E-state index contributed by atoms with van der Waals surface area (Å²) in [5, 5.41) is 0. The predicted octanol–water partition coefficient (Wildman–Crippen LogP) is 2.73. The van der Waals surface area contributed by atoms with Crippen molar-refractivity contribution in [3.63, 3.8) is 0 Å². The minimum Gasteiger partial charge on any atom is -0.469 e. The van der Waals surface area contributed by atoms with Crippen LogP contribution >= 0.6 is 0 Å². The summed E-state index contributed by atoms with van der Waals surface area (Å²) >= 11 is 0. The van der Waals surface area contributed by atoms with E-state index in [-0.39, 0.29) is 0 Å². The third kappa shape index (κ3) is 4.18. The van der Waals surface area contributed by atoms with Crippen LogP contribution in [0.4, 0.5) is 0 Å². The highest BCUT2D eigenvalue weighted by Crippen LogP contribution is 2.42. The molecule has 0 amide bonds. The topological polar surface area (TPSA) is 91.3 Å². The number of hydrogen-bond acceptors (Lipinski definition) is 7. The molecule has 2 aromatic rings. The quantitative estimate of drug-likeness (QED) is 0.571. The highest BCUT2D eigenvalue weighted by molar-refractivity contribution is 6.15. The van der Waals surface area contributed by atoms with Gasteiger partial charge in [0, 0.05) is 6.92 Å². The molecule has 7 nitrogen and oxygen atoms in total. The van der Waals surface area contributed by atoms with Gasteiger partial charge in [0.05, 0.1) is 26.0 Å². The fourth-order valence-corrected chi connectivity index (χ4v) is 3.49. The van der Waals surface area contributed by atoms with Crippen molar-refractivity contribution in [1.29, 1.82) is 0 Å². The van der Waals surface area contributed by atoms with E-state index in [2.05, 4.69) is 0 Å². The van der Waals surface area contributed by atoms with Crippen LogP contribution in [0, 0.1) is 11.8 Å². The number of carbonyl (C=O) groups is 3. The zero-order chi connectivity index (χ0) is 21.0. The Hall–Kier alpha value is -3.48. The van der Waals surface area contributed by atoms with E-state index < -0.39 is 35.8 Å². The summed E-state index contributed by atoms with van der Waals surface area (Å²) in [5.41, 5.74) is 1.85. The lowest BCUT2D eigenvalue weighted by atomic mass is 9.82. The molecule has 3 rings (SSSR count). The van der Waals surface area contributed by atoms with Crippen LogP contribution in [0.2, 0.25) is 0 Å². The molecule has 1 heterocycles. The minimum atomic E-state index is -0.919. The van der Waals surface area contributed by atoms with Crippen molar-refractivity contribution in [3.05, 3.63) is 65.7 Å². The molecule has 150 valence electrons. The predicted molar refractivity (Wildman–Crippen MR) is 104 cm³/mol. The molecule has 1 aliphatic rings. The van der Waals surface area contributed by atoms with Gasteiger partial charge in [-0.15, -0.1) is 0 Å². The number of aliphatic imine (C=N–C) groups is 1. The molecule has 0 fully saturated rings. The molecule has 29 heavy (non-hydrogen) atoms. The summed E-state index contributed by atoms with van der Waals surface area (Å²) in [5.74, 6) is -2.93. The average molecular weight is 395 g/mol. The van der Waals surface area contributed by atoms with Crippen molar-refractivity contribution in [3.8, 4) is 5.75 Å². The van der Waals surface area contributed by atoms with Crippen LogP contribution in [0.1, 0.15) is 24.1 Å². The van der Waals surface area contributed by atoms with Crippen LogP contribution in [0.25, 0.3) is 0 Å². The summed E-state index contributed by atoms with van der Waals surface area (Å²) in [6.45, 7) is 1.31. The number of ether oxygens (including phenoxy) is 3. The summed E-state index contributed by atoms with van der Waals surface area (Å²) in [6, 6.07) is 15.3. The molecule has 7 heteroatoms. The first-order chi connectivity index (χ1) is 14.0. The lowest BCUT2D eigenvalue weighted by Gasteiger charge is -2.21. The fourth-order valence-electron chi connectivity index (χ4n) is 3.49. The van der Waals surface area contributed by atoms with Gasteiger partial charge in [-0.25, -0.2) is 0 Å². The maximum atomic E-state index is 12.6. The number of nitrogens with zero attached hydrogens (tertiary/aromatic N) is 1. The van der Waals surface area contributed by atoms with E-state index in [0.29, 0.717) is 17.0 Å². The average Bonchev–Trinajstić information content (AvgIpc) is 3.14. The van der Waals surface area contributed by atoms with E-state index in [1.807, 2.05) is 30.3 Å². The number of benzene rings is 2. The van der Waals surface area contributed by atoms with E-state index in [1.165, 1.54) is 21.1 Å². The minimum absolute atomic E-state index is 0.374. The Bertz CT molecular complexity index is 936. The van der Waals surface area contributed by atoms with Gasteiger partial charge < -0.3 is 14.2 Å². The highest BCUT2D eigenvalue weighted by Gasteiger charge is 2.49. The van der Waals surface area contributed by atoms with Crippen LogP contribution in [-0.2, 0) is 23.9 Å². The fraction of sp³-hybridized carbons (Fsp3) is 0.273. The SMILES string of the molecule is COC(=O)[C@@H]1C(c2ccc(OC(C)=O)cc2)=N[C@@H](c2ccccc2)[C@H]1C(=O)OC. The molecular formula is C22H21NO6. The van der Waals surface area contributed by atoms with Gasteiger partial charge in [-0.2, -0.15) is 0 Å². The number of esters is 3. The zero-order valence-corrected chi connectivity index (χ0v) is 16.3. The van der Waals surface area contributed by atoms with Crippen molar-refractivity contribution in [2.45, 2.75) is 13.0 Å². The van der Waals surface area contributed by atoms with Gasteiger partial charge in [0.1, 0.15) is 17.6 Å². The molecule has 0 unspecified atom stereocenters. The molecule has 0 bridgehead atoms. The molecule has 1 aliphatic heterocycles. The van der Waals surface area contributed by atoms with E-state index >= 15 is 0 Å². The van der Waals surface area contributed by atoms with Crippen molar-refractivity contribution >= 4 is 23.6 Å². The standard InChI is InChI=1S/C22H21NO6/c1-13(24)29-16-11-9-15(10-12-16)20-18(22(26)28-3)17(21(25)27-2)19(23-20)14-7-5-4-6-8-14/h4-12,17-19H,1-3H3/t17-,18-,19-/m0/s1. The van der Waals surface area contributed by atoms with Crippen LogP contribution < -0.4 is 4.74 Å². The first-order valence-corrected chi connectivity index (χ1v) is 9.03. The van der Waals surface area contributed by atoms with Gasteiger partial charge in [0.2, 0.25) is 0 Å². The van der Waals surface area contributed by atoms with E-state index in [4.69, 9.17) is 19.2 Å². The second kappa shape index (κ2) is 8.68. The van der Waals surface area contributed by atoms with Crippen molar-refractivity contribution < 1.29 is 28.6 Å². The number of hydrogen-bond donors (Lipinski definition) is 0. The molecule has 0 spiro atoms. The smallest absolute Gasteiger partial charge is 0.315 e. The maximum absolute atomic E-state index is 12.6. The number of methoxy groups -OCH3 is 2. The lowest BCUT2D eigenvalue weighted by molar-refractivity contribution is -0.154. The van der Waals surface area contributed by atoms with Gasteiger partial charge >= 0.3 is 17.9 Å². The molecule has 0 radical (unpaired) electrons. The molecule has 0 saturated carbocycles. The zero-order valence-electron chi connectivity index (χ0n) is 16.3. The Morgan fingerprint density at radius 2 is 1.48 bits per heavy atom. The van der Waals surface area contributed by atoms with E-state index in [0.717, 1.165) is 5.56 Å². The first kappa shape index (κ1) is 20.3. The van der Waals surface area contributed by atoms with Gasteiger partial charge in [-0.05, 0) is 35.4 Å². The van der Waals surface area contributed by atoms with Gasteiger partial charge in [-0.3, -0.25) is 19.4 Å². The van der Waals surface area contributed by atoms with Gasteiger partial charge in [0.25, 0.3) is 0 Å². The summed E-state index contributed by atoms with van der Waals surface area (Å²) < 4.78 is 15.0. The Kier molecular flexibility index (Phi) is 6.07. The first-order valence-electron chi connectivity index (χ1n) is 9.03. The van der Waals surface area contributed by atoms with Gasteiger partial charge in [0.15, 0.2) is 0 Å². The van der Waals surface area contributed by atoms with Crippen LogP contribution in [0.5, 0.6) is 5.75 Å². The summed E-state index contributed by atoms with van der Waals surface area (Å²) in [7, 11) is 2.55. The molecule has 3 atom stereocenters. The monoisotopic (exact) mass is 395 g/mol. The Labute approximate surface area is 168 Å². The molecular weight excluding hydrogens is 374 g/mol. The van der Waals surface area contributed by atoms with Crippen LogP contribution in [0.3, 0.4) is 0 Å². The Morgan fingerprint density at radius 1 is 0.862 bits per heavy atom. The van der Waals surface area contributed by atoms with E-state index in [1.54, 1.807) is 24.3 Å². The maximum Gasteiger partial charge on any atom is 0.315 e. The largest absolute Gasteiger partial charge is 0.469 e. The molecule has 0 aromatic heterocycles. The van der Waals surface area contributed by atoms with Gasteiger partial charge in [-0.1, -0.05) is 30.3 Å². The Balaban J connectivity index is 2.07. The molecule has 0 saturated heterocycles. The molecule has 0 aliphatic carbocycles. The molecule has 2 aromatic carbocycles. The number of rotatable bonds is 5. The summed E-state index contributed by atoms with van der Waals surface area (Å²) in [4.78, 5) is 41.1. The van der Waals surface area contributed by atoms with Crippen molar-refractivity contribution in [1.82, 2.24) is 0 Å².